The van der Waals surface area contributed by atoms with Gasteiger partial charge in [0.15, 0.2) is 0 Å². The van der Waals surface area contributed by atoms with Crippen molar-refractivity contribution in [3.63, 3.8) is 0 Å². The number of rotatable bonds is 2. The van der Waals surface area contributed by atoms with Crippen molar-refractivity contribution in [2.45, 2.75) is 40.7 Å². The van der Waals surface area contributed by atoms with Gasteiger partial charge < -0.3 is 5.73 Å². The summed E-state index contributed by atoms with van der Waals surface area (Å²) in [7, 11) is 0. The molecule has 2 aromatic carbocycles. The summed E-state index contributed by atoms with van der Waals surface area (Å²) in [6, 6.07) is 8.40. The molecule has 1 atom stereocenters. The summed E-state index contributed by atoms with van der Waals surface area (Å²) in [4.78, 5) is 0. The Bertz CT molecular complexity index is 636. The first kappa shape index (κ1) is 15.1. The van der Waals surface area contributed by atoms with Crippen molar-refractivity contribution in [3.05, 3.63) is 68.2 Å². The van der Waals surface area contributed by atoms with Crippen LogP contribution in [0.5, 0.6) is 0 Å². The lowest BCUT2D eigenvalue weighted by Crippen LogP contribution is -2.16. The van der Waals surface area contributed by atoms with Crippen molar-refractivity contribution >= 4 is 11.6 Å². The quantitative estimate of drug-likeness (QED) is 0.833. The van der Waals surface area contributed by atoms with Crippen LogP contribution >= 0.6 is 11.6 Å². The van der Waals surface area contributed by atoms with Crippen molar-refractivity contribution in [3.8, 4) is 0 Å². The molecule has 2 heteroatoms. The van der Waals surface area contributed by atoms with Crippen molar-refractivity contribution in [2.24, 2.45) is 5.73 Å². The highest BCUT2D eigenvalue weighted by Crippen LogP contribution is 2.31. The molecule has 2 aromatic rings. The second kappa shape index (κ2) is 5.59. The van der Waals surface area contributed by atoms with Gasteiger partial charge >= 0.3 is 0 Å². The van der Waals surface area contributed by atoms with Crippen LogP contribution in [0.15, 0.2) is 24.3 Å². The molecule has 0 heterocycles. The van der Waals surface area contributed by atoms with Gasteiger partial charge in [-0.3, -0.25) is 0 Å². The minimum Gasteiger partial charge on any atom is -0.320 e. The average molecular weight is 288 g/mol. The van der Waals surface area contributed by atoms with E-state index in [2.05, 4.69) is 45.9 Å². The largest absolute Gasteiger partial charge is 0.320 e. The average Bonchev–Trinajstić information content (AvgIpc) is 2.32. The van der Waals surface area contributed by atoms with E-state index in [1.807, 2.05) is 13.0 Å². The second-order valence-corrected chi connectivity index (χ2v) is 6.16. The Morgan fingerprint density at radius 2 is 1.35 bits per heavy atom. The molecule has 0 saturated heterocycles. The fourth-order valence-corrected chi connectivity index (χ4v) is 3.19. The molecule has 1 unspecified atom stereocenters. The Morgan fingerprint density at radius 1 is 0.800 bits per heavy atom. The molecule has 0 amide bonds. The number of halogens is 1. The smallest absolute Gasteiger partial charge is 0.0559 e. The third-order valence-electron chi connectivity index (χ3n) is 3.93. The van der Waals surface area contributed by atoms with E-state index in [4.69, 9.17) is 17.3 Å². The first-order valence-corrected chi connectivity index (χ1v) is 7.29. The third kappa shape index (κ3) is 2.74. The van der Waals surface area contributed by atoms with E-state index >= 15 is 0 Å². The molecule has 0 aliphatic carbocycles. The second-order valence-electron chi connectivity index (χ2n) is 5.75. The van der Waals surface area contributed by atoms with Gasteiger partial charge in [0.25, 0.3) is 0 Å². The molecule has 2 rings (SSSR count). The molecular weight excluding hydrogens is 266 g/mol. The molecule has 20 heavy (non-hydrogen) atoms. The summed E-state index contributed by atoms with van der Waals surface area (Å²) < 4.78 is 0. The van der Waals surface area contributed by atoms with Crippen LogP contribution in [0.1, 0.15) is 45.0 Å². The Balaban J connectivity index is 2.57. The number of hydrogen-bond acceptors (Lipinski definition) is 1. The Labute approximate surface area is 126 Å². The molecule has 0 saturated carbocycles. The van der Waals surface area contributed by atoms with Gasteiger partial charge in [0.05, 0.1) is 6.04 Å². The van der Waals surface area contributed by atoms with Crippen molar-refractivity contribution in [1.29, 1.82) is 0 Å². The van der Waals surface area contributed by atoms with E-state index in [1.165, 1.54) is 22.3 Å². The van der Waals surface area contributed by atoms with Crippen LogP contribution in [0.3, 0.4) is 0 Å². The first-order chi connectivity index (χ1) is 9.31. The highest BCUT2D eigenvalue weighted by atomic mass is 35.5. The van der Waals surface area contributed by atoms with Crippen LogP contribution in [0.25, 0.3) is 0 Å². The molecule has 0 fully saturated rings. The van der Waals surface area contributed by atoms with Crippen LogP contribution in [0.4, 0.5) is 0 Å². The van der Waals surface area contributed by atoms with Gasteiger partial charge in [-0.2, -0.15) is 0 Å². The molecular formula is C18H22ClN. The standard InChI is InChI=1S/C18H22ClN/c1-10-6-13(4)17(14(5)7-10)18(20)15-8-12(3)16(19)9-11(15)2/h6-9,18H,20H2,1-5H3. The number of aryl methyl sites for hydroxylation is 5. The summed E-state index contributed by atoms with van der Waals surface area (Å²) in [6.45, 7) is 10.5. The molecule has 0 aromatic heterocycles. The van der Waals surface area contributed by atoms with Gasteiger partial charge in [0.1, 0.15) is 0 Å². The maximum Gasteiger partial charge on any atom is 0.0559 e. The number of hydrogen-bond donors (Lipinski definition) is 1. The van der Waals surface area contributed by atoms with Crippen molar-refractivity contribution < 1.29 is 0 Å². The summed E-state index contributed by atoms with van der Waals surface area (Å²) in [5, 5.41) is 0.802. The van der Waals surface area contributed by atoms with Crippen LogP contribution in [0, 0.1) is 34.6 Å². The van der Waals surface area contributed by atoms with Gasteiger partial charge in [0.2, 0.25) is 0 Å². The Morgan fingerprint density at radius 3 is 1.90 bits per heavy atom. The van der Waals surface area contributed by atoms with Crippen LogP contribution in [0.2, 0.25) is 5.02 Å². The lowest BCUT2D eigenvalue weighted by atomic mass is 9.88. The normalized spacial score (nSPS) is 12.6. The highest BCUT2D eigenvalue weighted by molar-refractivity contribution is 6.31. The molecule has 2 N–H and O–H groups in total. The Hall–Kier alpha value is -1.31. The summed E-state index contributed by atoms with van der Waals surface area (Å²) in [5.41, 5.74) is 14.9. The monoisotopic (exact) mass is 287 g/mol. The lowest BCUT2D eigenvalue weighted by Gasteiger charge is -2.21. The van der Waals surface area contributed by atoms with Crippen LogP contribution in [-0.2, 0) is 0 Å². The fraction of sp³-hybridized carbons (Fsp3) is 0.333. The van der Waals surface area contributed by atoms with E-state index in [9.17, 15) is 0 Å². The zero-order valence-electron chi connectivity index (χ0n) is 12.8. The van der Waals surface area contributed by atoms with E-state index in [0.29, 0.717) is 0 Å². The Kier molecular flexibility index (Phi) is 4.22. The topological polar surface area (TPSA) is 26.0 Å². The van der Waals surface area contributed by atoms with E-state index in [0.717, 1.165) is 21.7 Å². The lowest BCUT2D eigenvalue weighted by molar-refractivity contribution is 0.840. The van der Waals surface area contributed by atoms with Gasteiger partial charge in [-0.1, -0.05) is 35.4 Å². The maximum atomic E-state index is 6.54. The van der Waals surface area contributed by atoms with E-state index < -0.39 is 0 Å². The van der Waals surface area contributed by atoms with Gasteiger partial charge in [-0.25, -0.2) is 0 Å². The molecule has 0 spiro atoms. The number of benzene rings is 2. The molecule has 1 nitrogen and oxygen atoms in total. The minimum atomic E-state index is -0.105. The van der Waals surface area contributed by atoms with E-state index in [1.54, 1.807) is 0 Å². The molecule has 106 valence electrons. The van der Waals surface area contributed by atoms with E-state index in [-0.39, 0.29) is 6.04 Å². The molecule has 0 bridgehead atoms. The summed E-state index contributed by atoms with van der Waals surface area (Å²) >= 11 is 6.18. The summed E-state index contributed by atoms with van der Waals surface area (Å²) in [6.07, 6.45) is 0. The van der Waals surface area contributed by atoms with Gasteiger partial charge in [-0.15, -0.1) is 0 Å². The third-order valence-corrected chi connectivity index (χ3v) is 4.34. The number of nitrogens with two attached hydrogens (primary N) is 1. The van der Waals surface area contributed by atoms with Gasteiger partial charge in [0, 0.05) is 5.02 Å². The fourth-order valence-electron chi connectivity index (χ4n) is 2.98. The van der Waals surface area contributed by atoms with Gasteiger partial charge in [-0.05, 0) is 74.1 Å². The van der Waals surface area contributed by atoms with Crippen molar-refractivity contribution in [1.82, 2.24) is 0 Å². The predicted octanol–water partition coefficient (Wildman–Crippen LogP) is 4.93. The zero-order chi connectivity index (χ0) is 15.0. The molecule has 0 radical (unpaired) electrons. The maximum absolute atomic E-state index is 6.54. The van der Waals surface area contributed by atoms with Crippen LogP contribution in [-0.4, -0.2) is 0 Å². The molecule has 0 aliphatic heterocycles. The van der Waals surface area contributed by atoms with Crippen LogP contribution < -0.4 is 5.73 Å². The predicted molar refractivity (Wildman–Crippen MR) is 87.6 cm³/mol. The highest BCUT2D eigenvalue weighted by Gasteiger charge is 2.17. The minimum absolute atomic E-state index is 0.105. The zero-order valence-corrected chi connectivity index (χ0v) is 13.6. The SMILES string of the molecule is Cc1cc(C)c(C(N)c2cc(C)c(Cl)cc2C)c(C)c1. The molecule has 0 aliphatic rings. The first-order valence-electron chi connectivity index (χ1n) is 6.91. The van der Waals surface area contributed by atoms with Crippen molar-refractivity contribution in [2.75, 3.05) is 0 Å². The summed E-state index contributed by atoms with van der Waals surface area (Å²) in [5.74, 6) is 0.